The number of aryl methyl sites for hydroxylation is 1. The summed E-state index contributed by atoms with van der Waals surface area (Å²) in [6, 6.07) is 19.7. The lowest BCUT2D eigenvalue weighted by atomic mass is 9.81. The minimum atomic E-state index is -0.551. The number of rotatable bonds is 2. The first-order valence-corrected chi connectivity index (χ1v) is 11.7. The molecule has 33 heavy (non-hydrogen) atoms. The zero-order chi connectivity index (χ0) is 23.2. The topological polar surface area (TPSA) is 46.6 Å². The molecule has 0 unspecified atom stereocenters. The summed E-state index contributed by atoms with van der Waals surface area (Å²) in [5.41, 5.74) is 4.64. The van der Waals surface area contributed by atoms with Gasteiger partial charge in [-0.1, -0.05) is 54.1 Å². The van der Waals surface area contributed by atoms with Crippen LogP contribution < -0.4 is 4.74 Å². The molecule has 2 aliphatic rings. The van der Waals surface area contributed by atoms with E-state index in [0.717, 1.165) is 22.3 Å². The minimum Gasteiger partial charge on any atom is -0.486 e. The maximum Gasteiger partial charge on any atom is 0.253 e. The fourth-order valence-corrected chi connectivity index (χ4v) is 5.16. The quantitative estimate of drug-likeness (QED) is 0.454. The molecule has 0 atom stereocenters. The Labute approximate surface area is 199 Å². The fraction of sp³-hybridized carbons (Fsp3) is 0.286. The summed E-state index contributed by atoms with van der Waals surface area (Å²) in [5.74, 6) is 0.722. The Kier molecular flexibility index (Phi) is 5.49. The number of likely N-dealkylation sites (tertiary alicyclic amines) is 1. The third-order valence-corrected chi connectivity index (χ3v) is 7.51. The van der Waals surface area contributed by atoms with Gasteiger partial charge in [0, 0.05) is 36.5 Å². The molecule has 1 amide bonds. The minimum absolute atomic E-state index is 0.0190. The van der Waals surface area contributed by atoms with Gasteiger partial charge in [-0.15, -0.1) is 0 Å². The van der Waals surface area contributed by atoms with Crippen LogP contribution in [-0.2, 0) is 0 Å². The van der Waals surface area contributed by atoms with E-state index in [9.17, 15) is 9.59 Å². The Hall–Kier alpha value is -3.11. The number of nitrogens with zero attached hydrogens (tertiary/aromatic N) is 1. The number of ether oxygens (including phenoxy) is 1. The molecule has 0 aromatic heterocycles. The zero-order valence-corrected chi connectivity index (χ0v) is 19.6. The number of benzene rings is 3. The SMILES string of the molecule is Cc1cc2c(c(C)c1Cl)C(=O)CC1(CCN(C(=O)c3ccc(-c4ccccc4)cc3)CC1)O2. The largest absolute Gasteiger partial charge is 0.486 e. The van der Waals surface area contributed by atoms with Crippen molar-refractivity contribution in [3.05, 3.63) is 87.9 Å². The van der Waals surface area contributed by atoms with Gasteiger partial charge in [-0.25, -0.2) is 0 Å². The van der Waals surface area contributed by atoms with Gasteiger partial charge in [0.15, 0.2) is 5.78 Å². The first-order chi connectivity index (χ1) is 15.9. The molecule has 0 bridgehead atoms. The standard InChI is InChI=1S/C28H26ClNO3/c1-18-16-24-25(19(2)26(18)29)23(31)17-28(33-24)12-14-30(15-13-28)27(32)22-10-8-21(9-11-22)20-6-4-3-5-7-20/h3-11,16H,12-15,17H2,1-2H3. The van der Waals surface area contributed by atoms with E-state index in [1.54, 1.807) is 0 Å². The van der Waals surface area contributed by atoms with Gasteiger partial charge in [0.2, 0.25) is 0 Å². The monoisotopic (exact) mass is 459 g/mol. The molecule has 3 aromatic carbocycles. The number of amides is 1. The average Bonchev–Trinajstić information content (AvgIpc) is 2.83. The summed E-state index contributed by atoms with van der Waals surface area (Å²) in [6.45, 7) is 4.92. The lowest BCUT2D eigenvalue weighted by molar-refractivity contribution is -0.00580. The second-order valence-corrected chi connectivity index (χ2v) is 9.50. The van der Waals surface area contributed by atoms with Gasteiger partial charge in [0.25, 0.3) is 5.91 Å². The highest BCUT2D eigenvalue weighted by Crippen LogP contribution is 2.43. The van der Waals surface area contributed by atoms with Crippen molar-refractivity contribution in [2.45, 2.75) is 38.7 Å². The van der Waals surface area contributed by atoms with E-state index in [1.165, 1.54) is 0 Å². The molecule has 1 fully saturated rings. The van der Waals surface area contributed by atoms with Gasteiger partial charge in [0.1, 0.15) is 11.4 Å². The number of Topliss-reactive ketones (excluding diaryl/α,β-unsaturated/α-hetero) is 1. The van der Waals surface area contributed by atoms with Crippen LogP contribution in [0, 0.1) is 13.8 Å². The Morgan fingerprint density at radius 2 is 1.61 bits per heavy atom. The molecule has 2 aliphatic heterocycles. The smallest absolute Gasteiger partial charge is 0.253 e. The Balaban J connectivity index is 1.29. The normalized spacial score (nSPS) is 16.9. The highest BCUT2D eigenvalue weighted by atomic mass is 35.5. The van der Waals surface area contributed by atoms with Crippen molar-refractivity contribution in [2.24, 2.45) is 0 Å². The van der Waals surface area contributed by atoms with Crippen molar-refractivity contribution < 1.29 is 14.3 Å². The predicted molar refractivity (Wildman–Crippen MR) is 130 cm³/mol. The van der Waals surface area contributed by atoms with Crippen LogP contribution in [0.4, 0.5) is 0 Å². The maximum atomic E-state index is 13.1. The van der Waals surface area contributed by atoms with Crippen LogP contribution in [0.5, 0.6) is 5.75 Å². The van der Waals surface area contributed by atoms with Crippen molar-refractivity contribution in [2.75, 3.05) is 13.1 Å². The van der Waals surface area contributed by atoms with Gasteiger partial charge in [0.05, 0.1) is 12.0 Å². The molecule has 0 radical (unpaired) electrons. The van der Waals surface area contributed by atoms with Crippen LogP contribution in [0.1, 0.15) is 51.1 Å². The van der Waals surface area contributed by atoms with Crippen molar-refractivity contribution >= 4 is 23.3 Å². The molecule has 168 valence electrons. The molecule has 0 aliphatic carbocycles. The van der Waals surface area contributed by atoms with Crippen molar-refractivity contribution in [1.29, 1.82) is 0 Å². The van der Waals surface area contributed by atoms with Crippen molar-refractivity contribution in [3.63, 3.8) is 0 Å². The summed E-state index contributed by atoms with van der Waals surface area (Å²) in [6.07, 6.45) is 1.59. The molecular weight excluding hydrogens is 434 g/mol. The first-order valence-electron chi connectivity index (χ1n) is 11.3. The third kappa shape index (κ3) is 3.93. The lowest BCUT2D eigenvalue weighted by Crippen LogP contribution is -2.52. The van der Waals surface area contributed by atoms with Gasteiger partial charge in [-0.2, -0.15) is 0 Å². The summed E-state index contributed by atoms with van der Waals surface area (Å²) in [5, 5.41) is 0.625. The number of ketones is 1. The summed E-state index contributed by atoms with van der Waals surface area (Å²) < 4.78 is 6.43. The third-order valence-electron chi connectivity index (χ3n) is 6.93. The molecule has 2 heterocycles. The summed E-state index contributed by atoms with van der Waals surface area (Å²) >= 11 is 6.36. The van der Waals surface area contributed by atoms with E-state index in [-0.39, 0.29) is 11.7 Å². The second kappa shape index (κ2) is 8.35. The molecular formula is C28H26ClNO3. The van der Waals surface area contributed by atoms with Crippen LogP contribution in [-0.4, -0.2) is 35.3 Å². The highest BCUT2D eigenvalue weighted by Gasteiger charge is 2.44. The van der Waals surface area contributed by atoms with E-state index >= 15 is 0 Å². The van der Waals surface area contributed by atoms with Crippen molar-refractivity contribution in [3.8, 4) is 16.9 Å². The van der Waals surface area contributed by atoms with Crippen LogP contribution in [0.3, 0.4) is 0 Å². The van der Waals surface area contributed by atoms with Crippen LogP contribution in [0.15, 0.2) is 60.7 Å². The zero-order valence-electron chi connectivity index (χ0n) is 18.9. The number of carbonyl (C=O) groups excluding carboxylic acids is 2. The summed E-state index contributed by atoms with van der Waals surface area (Å²) in [7, 11) is 0. The molecule has 1 spiro atoms. The van der Waals surface area contributed by atoms with E-state index in [4.69, 9.17) is 16.3 Å². The van der Waals surface area contributed by atoms with Crippen molar-refractivity contribution in [1.82, 2.24) is 4.90 Å². The predicted octanol–water partition coefficient (Wildman–Crippen LogP) is 6.26. The molecule has 5 rings (SSSR count). The molecule has 0 saturated carbocycles. The average molecular weight is 460 g/mol. The summed E-state index contributed by atoms with van der Waals surface area (Å²) in [4.78, 5) is 28.0. The van der Waals surface area contributed by atoms with Gasteiger partial charge >= 0.3 is 0 Å². The molecule has 5 heteroatoms. The Morgan fingerprint density at radius 3 is 2.27 bits per heavy atom. The lowest BCUT2D eigenvalue weighted by Gasteiger charge is -2.44. The highest BCUT2D eigenvalue weighted by molar-refractivity contribution is 6.32. The molecule has 3 aromatic rings. The first kappa shape index (κ1) is 21.7. The molecule has 0 N–H and O–H groups in total. The second-order valence-electron chi connectivity index (χ2n) is 9.13. The Morgan fingerprint density at radius 1 is 0.970 bits per heavy atom. The number of hydrogen-bond acceptors (Lipinski definition) is 3. The van der Waals surface area contributed by atoms with E-state index in [2.05, 4.69) is 12.1 Å². The number of carbonyl (C=O) groups is 2. The van der Waals surface area contributed by atoms with E-state index < -0.39 is 5.60 Å². The number of halogens is 1. The van der Waals surface area contributed by atoms with Crippen LogP contribution in [0.2, 0.25) is 5.02 Å². The Bertz CT molecular complexity index is 1230. The van der Waals surface area contributed by atoms with Gasteiger partial charge in [-0.3, -0.25) is 9.59 Å². The van der Waals surface area contributed by atoms with Crippen LogP contribution in [0.25, 0.3) is 11.1 Å². The molecule has 1 saturated heterocycles. The van der Waals surface area contributed by atoms with Gasteiger partial charge < -0.3 is 9.64 Å². The number of hydrogen-bond donors (Lipinski definition) is 0. The number of piperidine rings is 1. The van der Waals surface area contributed by atoms with E-state index in [0.29, 0.717) is 54.3 Å². The van der Waals surface area contributed by atoms with E-state index in [1.807, 2.05) is 67.3 Å². The van der Waals surface area contributed by atoms with Gasteiger partial charge in [-0.05, 0) is 54.3 Å². The fourth-order valence-electron chi connectivity index (χ4n) is 5.01. The number of fused-ring (bicyclic) bond motifs is 1. The van der Waals surface area contributed by atoms with Crippen LogP contribution >= 0.6 is 11.6 Å². The maximum absolute atomic E-state index is 13.1. The molecule has 4 nitrogen and oxygen atoms in total.